The van der Waals surface area contributed by atoms with Gasteiger partial charge in [0.15, 0.2) is 17.9 Å². The maximum Gasteiger partial charge on any atom is 0.168 e. The molecule has 0 aromatic carbocycles. The van der Waals surface area contributed by atoms with Gasteiger partial charge in [-0.2, -0.15) is 0 Å². The lowest BCUT2D eigenvalue weighted by atomic mass is 9.52. The summed E-state index contributed by atoms with van der Waals surface area (Å²) in [6.07, 6.45) is 3.21. The Morgan fingerprint density at radius 1 is 1.15 bits per heavy atom. The van der Waals surface area contributed by atoms with E-state index in [0.29, 0.717) is 36.3 Å². The Hall–Kier alpha value is -2.26. The molecular formula is C26H35NO7. The van der Waals surface area contributed by atoms with E-state index in [2.05, 4.69) is 4.98 Å². The number of pyridine rings is 1. The first kappa shape index (κ1) is 26.3. The highest BCUT2D eigenvalue weighted by atomic mass is 16.5. The van der Waals surface area contributed by atoms with Gasteiger partial charge in [-0.15, -0.1) is 0 Å². The molecule has 2 heterocycles. The first-order valence-corrected chi connectivity index (χ1v) is 11.7. The van der Waals surface area contributed by atoms with Gasteiger partial charge in [-0.05, 0) is 55.4 Å². The van der Waals surface area contributed by atoms with Crippen molar-refractivity contribution in [3.63, 3.8) is 0 Å². The number of allylic oxidation sites excluding steroid dienone is 1. The molecule has 3 aliphatic carbocycles. The molecule has 34 heavy (non-hydrogen) atoms. The van der Waals surface area contributed by atoms with Crippen molar-refractivity contribution < 1.29 is 34.4 Å². The fourth-order valence-corrected chi connectivity index (χ4v) is 6.09. The number of hydrogen-bond donors (Lipinski definition) is 3. The van der Waals surface area contributed by atoms with Gasteiger partial charge in [0, 0.05) is 37.0 Å². The summed E-state index contributed by atoms with van der Waals surface area (Å²) < 4.78 is 5.61. The maximum absolute atomic E-state index is 13.0. The fraction of sp³-hybridized carbons (Fsp3) is 0.615. The number of aliphatic hydroxyl groups is 3. The van der Waals surface area contributed by atoms with Crippen LogP contribution < -0.4 is 0 Å². The number of ketones is 2. The lowest BCUT2D eigenvalue weighted by Gasteiger charge is -2.57. The summed E-state index contributed by atoms with van der Waals surface area (Å²) in [4.78, 5) is 39.2. The zero-order valence-corrected chi connectivity index (χ0v) is 20.2. The predicted molar refractivity (Wildman–Crippen MR) is 124 cm³/mol. The molecule has 0 amide bonds. The first-order valence-electron chi connectivity index (χ1n) is 11.7. The van der Waals surface area contributed by atoms with Gasteiger partial charge in [-0.1, -0.05) is 19.9 Å². The highest BCUT2D eigenvalue weighted by Gasteiger charge is 2.60. The van der Waals surface area contributed by atoms with Crippen molar-refractivity contribution in [1.82, 2.24) is 4.98 Å². The minimum absolute atomic E-state index is 0.0170. The number of rotatable bonds is 1. The molecule has 0 spiro atoms. The molecule has 2 bridgehead atoms. The number of fused-ring (bicyclic) bond motifs is 5. The zero-order valence-electron chi connectivity index (χ0n) is 20.2. The number of ether oxygens (including phenoxy) is 1. The minimum atomic E-state index is -1.29. The molecule has 5 rings (SSSR count). The number of Topliss-reactive ketones (excluding diaryl/α,β-unsaturated/α-hetero) is 2. The maximum atomic E-state index is 13.0. The smallest absolute Gasteiger partial charge is 0.168 e. The molecule has 0 radical (unpaired) electrons. The molecule has 4 aliphatic rings. The van der Waals surface area contributed by atoms with Crippen molar-refractivity contribution in [3.05, 3.63) is 41.2 Å². The highest BCUT2D eigenvalue weighted by molar-refractivity contribution is 6.00. The Bertz CT molecular complexity index is 957. The number of nitrogens with zero attached hydrogens (tertiary/aromatic N) is 1. The Balaban J connectivity index is 0.000000274. The SMILES string of the molecule is CC1=C2C(O)C(=O)C3CCC4OCC4C3CC(O)(CC1=O)C2(C)C.CO.O=Cc1ccccn1. The Morgan fingerprint density at radius 3 is 2.38 bits per heavy atom. The second kappa shape index (κ2) is 10.2. The number of carbonyl (C=O) groups is 3. The molecule has 1 aliphatic heterocycles. The van der Waals surface area contributed by atoms with Crippen LogP contribution in [0.5, 0.6) is 0 Å². The van der Waals surface area contributed by atoms with Crippen LogP contribution in [0.3, 0.4) is 0 Å². The molecule has 2 saturated carbocycles. The Labute approximate surface area is 200 Å². The van der Waals surface area contributed by atoms with Crippen molar-refractivity contribution >= 4 is 17.9 Å². The van der Waals surface area contributed by atoms with Gasteiger partial charge in [-0.25, -0.2) is 0 Å². The average molecular weight is 474 g/mol. The van der Waals surface area contributed by atoms with Gasteiger partial charge in [0.2, 0.25) is 0 Å². The molecule has 1 saturated heterocycles. The summed E-state index contributed by atoms with van der Waals surface area (Å²) in [7, 11) is 1.00. The van der Waals surface area contributed by atoms with E-state index < -0.39 is 17.1 Å². The van der Waals surface area contributed by atoms with Crippen LogP contribution in [0.4, 0.5) is 0 Å². The van der Waals surface area contributed by atoms with Crippen LogP contribution >= 0.6 is 0 Å². The molecule has 8 heteroatoms. The van der Waals surface area contributed by atoms with E-state index in [1.165, 1.54) is 0 Å². The quantitative estimate of drug-likeness (QED) is 0.527. The van der Waals surface area contributed by atoms with Crippen molar-refractivity contribution in [2.45, 2.75) is 64.3 Å². The monoisotopic (exact) mass is 473 g/mol. The van der Waals surface area contributed by atoms with Gasteiger partial charge in [-0.3, -0.25) is 19.4 Å². The number of aromatic nitrogens is 1. The zero-order chi connectivity index (χ0) is 25.3. The molecule has 1 aromatic heterocycles. The van der Waals surface area contributed by atoms with Crippen LogP contribution in [-0.4, -0.2) is 69.7 Å². The van der Waals surface area contributed by atoms with E-state index in [9.17, 15) is 24.6 Å². The summed E-state index contributed by atoms with van der Waals surface area (Å²) in [6.45, 7) is 5.99. The Kier molecular flexibility index (Phi) is 7.87. The van der Waals surface area contributed by atoms with Crippen molar-refractivity contribution in [1.29, 1.82) is 0 Å². The standard InChI is InChI=1S/C19H26O5.C6H5NO.CH4O/c1-9-13(20)7-19(23)6-11-10(4-5-14-12(11)8-24-14)16(21)17(22)15(9)18(19,2)3;8-5-6-3-1-2-4-7-6;1-2/h10-12,14,17,22-23H,4-8H2,1-3H3;1-5H;2H,1H3. The molecule has 186 valence electrons. The van der Waals surface area contributed by atoms with Gasteiger partial charge in [0.1, 0.15) is 11.8 Å². The number of carbonyl (C=O) groups excluding carboxylic acids is 3. The van der Waals surface area contributed by atoms with Crippen LogP contribution in [0.15, 0.2) is 35.5 Å². The summed E-state index contributed by atoms with van der Waals surface area (Å²) in [5, 5.41) is 29.3. The van der Waals surface area contributed by atoms with Gasteiger partial charge >= 0.3 is 0 Å². The third kappa shape index (κ3) is 4.40. The van der Waals surface area contributed by atoms with Crippen LogP contribution in [0, 0.1) is 23.2 Å². The topological polar surface area (TPSA) is 134 Å². The van der Waals surface area contributed by atoms with E-state index in [1.807, 2.05) is 13.8 Å². The molecule has 3 fully saturated rings. The molecular weight excluding hydrogens is 438 g/mol. The lowest BCUT2D eigenvalue weighted by Crippen LogP contribution is -2.62. The van der Waals surface area contributed by atoms with Crippen LogP contribution in [-0.2, 0) is 14.3 Å². The highest BCUT2D eigenvalue weighted by Crippen LogP contribution is 2.56. The molecule has 6 atom stereocenters. The van der Waals surface area contributed by atoms with Crippen molar-refractivity contribution in [2.75, 3.05) is 13.7 Å². The van der Waals surface area contributed by atoms with Crippen LogP contribution in [0.1, 0.15) is 56.9 Å². The second-order valence-electron chi connectivity index (χ2n) is 10.1. The van der Waals surface area contributed by atoms with Crippen molar-refractivity contribution in [3.8, 4) is 0 Å². The van der Waals surface area contributed by atoms with Crippen LogP contribution in [0.25, 0.3) is 0 Å². The summed E-state index contributed by atoms with van der Waals surface area (Å²) in [5.74, 6) is -0.345. The summed E-state index contributed by atoms with van der Waals surface area (Å²) in [5.41, 5.74) is -0.669. The third-order valence-corrected chi connectivity index (χ3v) is 8.21. The fourth-order valence-electron chi connectivity index (χ4n) is 6.09. The van der Waals surface area contributed by atoms with E-state index in [-0.39, 0.29) is 41.8 Å². The average Bonchev–Trinajstić information content (AvgIpc) is 2.80. The minimum Gasteiger partial charge on any atom is -0.400 e. The first-order chi connectivity index (χ1) is 16.1. The summed E-state index contributed by atoms with van der Waals surface area (Å²) in [6, 6.07) is 5.21. The van der Waals surface area contributed by atoms with Crippen LogP contribution in [0.2, 0.25) is 0 Å². The molecule has 1 aromatic rings. The van der Waals surface area contributed by atoms with E-state index >= 15 is 0 Å². The van der Waals surface area contributed by atoms with Gasteiger partial charge in [0.05, 0.1) is 18.3 Å². The lowest BCUT2D eigenvalue weighted by molar-refractivity contribution is -0.199. The normalized spacial score (nSPS) is 35.6. The largest absolute Gasteiger partial charge is 0.400 e. The third-order valence-electron chi connectivity index (χ3n) is 8.21. The number of aldehydes is 1. The predicted octanol–water partition coefficient (Wildman–Crippen LogP) is 1.91. The molecule has 6 unspecified atom stereocenters. The Morgan fingerprint density at radius 2 is 1.85 bits per heavy atom. The van der Waals surface area contributed by atoms with E-state index in [0.717, 1.165) is 19.8 Å². The van der Waals surface area contributed by atoms with E-state index in [1.54, 1.807) is 31.3 Å². The summed E-state index contributed by atoms with van der Waals surface area (Å²) >= 11 is 0. The van der Waals surface area contributed by atoms with Gasteiger partial charge < -0.3 is 20.1 Å². The number of hydrogen-bond acceptors (Lipinski definition) is 8. The number of aliphatic hydroxyl groups excluding tert-OH is 2. The van der Waals surface area contributed by atoms with E-state index in [4.69, 9.17) is 9.84 Å². The molecule has 3 N–H and O–H groups in total. The molecule has 8 nitrogen and oxygen atoms in total. The second-order valence-corrected chi connectivity index (χ2v) is 10.1. The van der Waals surface area contributed by atoms with Gasteiger partial charge in [0.25, 0.3) is 0 Å². The van der Waals surface area contributed by atoms with Crippen molar-refractivity contribution in [2.24, 2.45) is 23.2 Å².